The van der Waals surface area contributed by atoms with Crippen LogP contribution in [0.4, 0.5) is 0 Å². The smallest absolute Gasteiger partial charge is 0.268 e. The van der Waals surface area contributed by atoms with Crippen LogP contribution in [0.5, 0.6) is 5.75 Å². The molecule has 20 heavy (non-hydrogen) atoms. The topological polar surface area (TPSA) is 83.1 Å². The van der Waals surface area contributed by atoms with Crippen molar-refractivity contribution in [2.45, 2.75) is 6.92 Å². The van der Waals surface area contributed by atoms with E-state index in [2.05, 4.69) is 0 Å². The second kappa shape index (κ2) is 5.02. The van der Waals surface area contributed by atoms with Gasteiger partial charge in [0.2, 0.25) is 0 Å². The molecule has 1 aromatic heterocycles. The third kappa shape index (κ3) is 2.31. The van der Waals surface area contributed by atoms with Gasteiger partial charge in [0.05, 0.1) is 5.56 Å². The lowest BCUT2D eigenvalue weighted by atomic mass is 10.0. The van der Waals surface area contributed by atoms with Gasteiger partial charge >= 0.3 is 0 Å². The molecule has 2 aromatic rings. The van der Waals surface area contributed by atoms with Crippen molar-refractivity contribution in [1.29, 1.82) is 5.26 Å². The van der Waals surface area contributed by atoms with E-state index in [0.29, 0.717) is 0 Å². The summed E-state index contributed by atoms with van der Waals surface area (Å²) in [4.78, 5) is 24.0. The minimum absolute atomic E-state index is 0.106. The SMILES string of the molecule is Cc1ccc(O)c(C(=O)c2cc(C#N)c(=O)n(C)c2)c1. The number of carbonyl (C=O) groups is 1. The maximum absolute atomic E-state index is 12.4. The Kier molecular flexibility index (Phi) is 3.40. The molecular formula is C15H12N2O3. The molecule has 0 spiro atoms. The second-order valence-corrected chi connectivity index (χ2v) is 4.52. The van der Waals surface area contributed by atoms with Crippen molar-refractivity contribution in [2.24, 2.45) is 7.05 Å². The summed E-state index contributed by atoms with van der Waals surface area (Å²) in [6.45, 7) is 1.80. The van der Waals surface area contributed by atoms with E-state index in [9.17, 15) is 14.7 Å². The number of hydrogen-bond donors (Lipinski definition) is 1. The van der Waals surface area contributed by atoms with Crippen molar-refractivity contribution in [3.8, 4) is 11.8 Å². The van der Waals surface area contributed by atoms with Crippen molar-refractivity contribution in [2.75, 3.05) is 0 Å². The summed E-state index contributed by atoms with van der Waals surface area (Å²) in [6.07, 6.45) is 1.35. The van der Waals surface area contributed by atoms with Gasteiger partial charge in [0.25, 0.3) is 5.56 Å². The molecule has 1 heterocycles. The van der Waals surface area contributed by atoms with Gasteiger partial charge in [-0.25, -0.2) is 0 Å². The van der Waals surface area contributed by atoms with Gasteiger partial charge in [-0.15, -0.1) is 0 Å². The third-order valence-electron chi connectivity index (χ3n) is 2.96. The Labute approximate surface area is 115 Å². The Morgan fingerprint density at radius 2 is 2.05 bits per heavy atom. The van der Waals surface area contributed by atoms with E-state index in [1.165, 1.54) is 29.9 Å². The number of hydrogen-bond acceptors (Lipinski definition) is 4. The first-order valence-corrected chi connectivity index (χ1v) is 5.89. The molecule has 0 fully saturated rings. The molecule has 0 bridgehead atoms. The molecule has 0 amide bonds. The molecule has 1 aromatic carbocycles. The van der Waals surface area contributed by atoms with Gasteiger partial charge in [0.1, 0.15) is 17.4 Å². The lowest BCUT2D eigenvalue weighted by Crippen LogP contribution is -2.21. The number of aromatic hydroxyl groups is 1. The standard InChI is InChI=1S/C15H12N2O3/c1-9-3-4-13(18)12(5-9)14(19)11-6-10(7-16)15(20)17(2)8-11/h3-6,8,18H,1-2H3. The number of ketones is 1. The zero-order valence-corrected chi connectivity index (χ0v) is 11.0. The highest BCUT2D eigenvalue weighted by Gasteiger charge is 2.16. The van der Waals surface area contributed by atoms with E-state index in [0.717, 1.165) is 5.56 Å². The van der Waals surface area contributed by atoms with E-state index in [1.807, 2.05) is 0 Å². The molecule has 0 atom stereocenters. The number of carbonyl (C=O) groups excluding carboxylic acids is 1. The summed E-state index contributed by atoms with van der Waals surface area (Å²) < 4.78 is 1.18. The van der Waals surface area contributed by atoms with Crippen LogP contribution in [0.2, 0.25) is 0 Å². The minimum Gasteiger partial charge on any atom is -0.507 e. The van der Waals surface area contributed by atoms with E-state index in [1.54, 1.807) is 25.1 Å². The summed E-state index contributed by atoms with van der Waals surface area (Å²) in [7, 11) is 1.47. The number of benzene rings is 1. The van der Waals surface area contributed by atoms with Crippen molar-refractivity contribution in [3.05, 3.63) is 63.1 Å². The summed E-state index contributed by atoms with van der Waals surface area (Å²) in [5.41, 5.74) is 0.594. The molecule has 2 rings (SSSR count). The van der Waals surface area contributed by atoms with Crippen LogP contribution in [-0.2, 0) is 7.05 Å². The monoisotopic (exact) mass is 268 g/mol. The number of phenolic OH excluding ortho intramolecular Hbond substituents is 1. The van der Waals surface area contributed by atoms with Gasteiger partial charge in [-0.05, 0) is 25.1 Å². The summed E-state index contributed by atoms with van der Waals surface area (Å²) in [5.74, 6) is -0.564. The molecule has 0 aliphatic rings. The maximum Gasteiger partial charge on any atom is 0.268 e. The molecule has 0 saturated heterocycles. The molecule has 0 aliphatic heterocycles. The first-order valence-electron chi connectivity index (χ1n) is 5.89. The number of aryl methyl sites for hydroxylation is 2. The molecule has 0 saturated carbocycles. The van der Waals surface area contributed by atoms with Gasteiger partial charge < -0.3 is 9.67 Å². The van der Waals surface area contributed by atoms with E-state index >= 15 is 0 Å². The predicted molar refractivity (Wildman–Crippen MR) is 72.7 cm³/mol. The fourth-order valence-corrected chi connectivity index (χ4v) is 1.90. The van der Waals surface area contributed by atoms with Crippen LogP contribution in [0.1, 0.15) is 27.0 Å². The van der Waals surface area contributed by atoms with Gasteiger partial charge in [0.15, 0.2) is 5.78 Å². The highest BCUT2D eigenvalue weighted by Crippen LogP contribution is 2.21. The van der Waals surface area contributed by atoms with E-state index < -0.39 is 11.3 Å². The minimum atomic E-state index is -0.461. The van der Waals surface area contributed by atoms with Gasteiger partial charge in [-0.3, -0.25) is 9.59 Å². The first-order chi connectivity index (χ1) is 9.43. The Morgan fingerprint density at radius 1 is 1.35 bits per heavy atom. The number of phenols is 1. The Hall–Kier alpha value is -2.87. The van der Waals surface area contributed by atoms with Crippen LogP contribution >= 0.6 is 0 Å². The number of aromatic nitrogens is 1. The van der Waals surface area contributed by atoms with Crippen LogP contribution in [-0.4, -0.2) is 15.5 Å². The second-order valence-electron chi connectivity index (χ2n) is 4.52. The molecule has 100 valence electrons. The number of rotatable bonds is 2. The molecule has 1 N–H and O–H groups in total. The van der Waals surface area contributed by atoms with Crippen molar-refractivity contribution in [3.63, 3.8) is 0 Å². The molecule has 5 heteroatoms. The largest absolute Gasteiger partial charge is 0.507 e. The lowest BCUT2D eigenvalue weighted by molar-refractivity contribution is 0.103. The van der Waals surface area contributed by atoms with Crippen LogP contribution in [0, 0.1) is 18.3 Å². The molecule has 5 nitrogen and oxygen atoms in total. The summed E-state index contributed by atoms with van der Waals surface area (Å²) in [6, 6.07) is 7.70. The third-order valence-corrected chi connectivity index (χ3v) is 2.96. The van der Waals surface area contributed by atoms with Crippen molar-refractivity contribution in [1.82, 2.24) is 4.57 Å². The molecular weight excluding hydrogens is 256 g/mol. The normalized spacial score (nSPS) is 10.1. The van der Waals surface area contributed by atoms with Crippen LogP contribution in [0.25, 0.3) is 0 Å². The van der Waals surface area contributed by atoms with Gasteiger partial charge in [0, 0.05) is 18.8 Å². The number of nitriles is 1. The first kappa shape index (κ1) is 13.6. The summed E-state index contributed by atoms with van der Waals surface area (Å²) in [5, 5.41) is 18.7. The molecule has 0 unspecified atom stereocenters. The van der Waals surface area contributed by atoms with E-state index in [4.69, 9.17) is 5.26 Å². The zero-order chi connectivity index (χ0) is 14.9. The summed E-state index contributed by atoms with van der Waals surface area (Å²) >= 11 is 0. The van der Waals surface area contributed by atoms with E-state index in [-0.39, 0.29) is 22.4 Å². The molecule has 0 aliphatic carbocycles. The highest BCUT2D eigenvalue weighted by molar-refractivity contribution is 6.10. The lowest BCUT2D eigenvalue weighted by Gasteiger charge is -2.07. The van der Waals surface area contributed by atoms with Gasteiger partial charge in [-0.1, -0.05) is 11.6 Å². The predicted octanol–water partition coefficient (Wildman–Crippen LogP) is 1.50. The fourth-order valence-electron chi connectivity index (χ4n) is 1.90. The van der Waals surface area contributed by atoms with Gasteiger partial charge in [-0.2, -0.15) is 5.26 Å². The zero-order valence-electron chi connectivity index (χ0n) is 11.0. The maximum atomic E-state index is 12.4. The quantitative estimate of drug-likeness (QED) is 0.837. The van der Waals surface area contributed by atoms with Crippen LogP contribution < -0.4 is 5.56 Å². The van der Waals surface area contributed by atoms with Crippen LogP contribution in [0.15, 0.2) is 35.3 Å². The Morgan fingerprint density at radius 3 is 2.70 bits per heavy atom. The fraction of sp³-hybridized carbons (Fsp3) is 0.133. The van der Waals surface area contributed by atoms with Crippen LogP contribution in [0.3, 0.4) is 0 Å². The highest BCUT2D eigenvalue weighted by atomic mass is 16.3. The van der Waals surface area contributed by atoms with Crippen molar-refractivity contribution < 1.29 is 9.90 Å². The number of pyridine rings is 1. The van der Waals surface area contributed by atoms with Crippen molar-refractivity contribution >= 4 is 5.78 Å². The molecule has 0 radical (unpaired) electrons. The number of nitrogens with zero attached hydrogens (tertiary/aromatic N) is 2. The average molecular weight is 268 g/mol. The average Bonchev–Trinajstić information content (AvgIpc) is 2.43. The Balaban J connectivity index is 2.60. The Bertz CT molecular complexity index is 798.